The summed E-state index contributed by atoms with van der Waals surface area (Å²) >= 11 is 0. The molecule has 0 unspecified atom stereocenters. The van der Waals surface area contributed by atoms with E-state index < -0.39 is 31.5 Å². The van der Waals surface area contributed by atoms with Gasteiger partial charge in [-0.1, -0.05) is 0 Å². The Morgan fingerprint density at radius 1 is 1.24 bits per heavy atom. The molecule has 17 heavy (non-hydrogen) atoms. The summed E-state index contributed by atoms with van der Waals surface area (Å²) in [5.41, 5.74) is -9.10. The van der Waals surface area contributed by atoms with Crippen LogP contribution >= 0.6 is 7.45 Å². The van der Waals surface area contributed by atoms with Crippen LogP contribution in [0.1, 0.15) is 13.8 Å². The minimum absolute atomic E-state index is 0.184. The average molecular weight is 292 g/mol. The first-order valence-corrected chi connectivity index (χ1v) is 5.81. The van der Waals surface area contributed by atoms with Crippen molar-refractivity contribution in [3.8, 4) is 0 Å². The fourth-order valence-electron chi connectivity index (χ4n) is 0.817. The van der Waals surface area contributed by atoms with Crippen LogP contribution < -0.4 is 0 Å². The molecule has 0 spiro atoms. The number of hydrogen-bond acceptors (Lipinski definition) is 3. The Balaban J connectivity index is 6.00. The molecule has 1 N–H and O–H groups in total. The molecule has 0 aliphatic rings. The summed E-state index contributed by atoms with van der Waals surface area (Å²) in [7, 11) is -8.56. The fourth-order valence-corrected chi connectivity index (χ4v) is 2.45. The summed E-state index contributed by atoms with van der Waals surface area (Å²) in [5, 5.41) is 9.93. The second-order valence-corrected chi connectivity index (χ2v) is 5.83. The topological polar surface area (TPSA) is 38.7 Å². The summed E-state index contributed by atoms with van der Waals surface area (Å²) in [6.07, 6.45) is -0.184. The van der Waals surface area contributed by atoms with Crippen molar-refractivity contribution in [2.24, 2.45) is 0 Å². The molecule has 0 aromatic heterocycles. The molecule has 0 atom stereocenters. The second kappa shape index (κ2) is 4.34. The molecule has 0 aromatic rings. The predicted octanol–water partition coefficient (Wildman–Crippen LogP) is 4.72. The summed E-state index contributed by atoms with van der Waals surface area (Å²) in [6, 6.07) is 0. The molecule has 0 fully saturated rings. The zero-order chi connectivity index (χ0) is 14.1. The molecule has 0 rings (SSSR count). The van der Waals surface area contributed by atoms with Gasteiger partial charge in [0.1, 0.15) is 0 Å². The average Bonchev–Trinajstić information content (AvgIpc) is 2.14. The first kappa shape index (κ1) is 16.6. The quantitative estimate of drug-likeness (QED) is 0.345. The van der Waals surface area contributed by atoms with Gasteiger partial charge in [-0.15, -0.1) is 0 Å². The molecule has 11 heteroatoms. The van der Waals surface area contributed by atoms with Crippen LogP contribution in [0.5, 0.6) is 0 Å². The van der Waals surface area contributed by atoms with Crippen molar-refractivity contribution in [3.63, 3.8) is 0 Å². The molecule has 0 bridgehead atoms. The molecule has 0 amide bonds. The first-order valence-electron chi connectivity index (χ1n) is 3.88. The maximum atomic E-state index is 13.4. The number of alkyl halides is 4. The van der Waals surface area contributed by atoms with Gasteiger partial charge in [0.2, 0.25) is 0 Å². The van der Waals surface area contributed by atoms with E-state index in [4.69, 9.17) is 5.26 Å². The van der Waals surface area contributed by atoms with E-state index in [1.807, 2.05) is 0 Å². The van der Waals surface area contributed by atoms with Crippen molar-refractivity contribution in [3.05, 3.63) is 11.6 Å². The van der Waals surface area contributed by atoms with Crippen molar-refractivity contribution >= 4 is 7.45 Å². The van der Waals surface area contributed by atoms with Gasteiger partial charge in [0.25, 0.3) is 0 Å². The van der Waals surface area contributed by atoms with E-state index in [9.17, 15) is 30.3 Å². The van der Waals surface area contributed by atoms with E-state index in [0.717, 1.165) is 0 Å². The standard InChI is InChI=1S/C6H8F7O3P/c1-3-4(7)17(12,13,16-15-14)6(10,11)5(2,8)9/h3,14H,1-2H3/b4-3+. The Labute approximate surface area is 90.9 Å². The predicted molar refractivity (Wildman–Crippen MR) is 44.4 cm³/mol. The van der Waals surface area contributed by atoms with Crippen LogP contribution in [0.3, 0.4) is 0 Å². The molecule has 0 aliphatic carbocycles. The molecular formula is C6H8F7O3P. The SMILES string of the molecule is C/C=C(\F)P(F)(F)(OOO)C(F)(F)C(C)(F)F. The summed E-state index contributed by atoms with van der Waals surface area (Å²) in [6.45, 7) is 0.0117. The van der Waals surface area contributed by atoms with Crippen LogP contribution in [-0.2, 0) is 9.71 Å². The van der Waals surface area contributed by atoms with Crippen molar-refractivity contribution in [2.75, 3.05) is 0 Å². The maximum absolute atomic E-state index is 13.4. The fraction of sp³-hybridized carbons (Fsp3) is 0.667. The number of rotatable bonds is 5. The minimum atomic E-state index is -8.56. The van der Waals surface area contributed by atoms with Gasteiger partial charge in [-0.05, 0) is 0 Å². The zero-order valence-electron chi connectivity index (χ0n) is 8.43. The molecule has 0 aromatic carbocycles. The molecule has 0 aliphatic heterocycles. The third-order valence-corrected chi connectivity index (χ3v) is 4.38. The monoisotopic (exact) mass is 292 g/mol. The van der Waals surface area contributed by atoms with E-state index in [1.165, 1.54) is 0 Å². The Morgan fingerprint density at radius 2 is 1.65 bits per heavy atom. The van der Waals surface area contributed by atoms with Crippen molar-refractivity contribution < 1.29 is 45.3 Å². The van der Waals surface area contributed by atoms with Gasteiger partial charge >= 0.3 is 89.8 Å². The van der Waals surface area contributed by atoms with Crippen molar-refractivity contribution in [1.82, 2.24) is 0 Å². The third kappa shape index (κ3) is 2.26. The Kier molecular flexibility index (Phi) is 4.23. The van der Waals surface area contributed by atoms with Gasteiger partial charge in [0.15, 0.2) is 0 Å². The molecular weight excluding hydrogens is 284 g/mol. The van der Waals surface area contributed by atoms with Crippen LogP contribution in [-0.4, -0.2) is 16.8 Å². The van der Waals surface area contributed by atoms with Gasteiger partial charge in [0.05, 0.1) is 0 Å². The second-order valence-electron chi connectivity index (χ2n) is 3.02. The van der Waals surface area contributed by atoms with E-state index in [-0.39, 0.29) is 6.08 Å². The van der Waals surface area contributed by atoms with Crippen molar-refractivity contribution in [1.29, 1.82) is 0 Å². The Morgan fingerprint density at radius 3 is 1.88 bits per heavy atom. The van der Waals surface area contributed by atoms with E-state index in [1.54, 1.807) is 0 Å². The van der Waals surface area contributed by atoms with Gasteiger partial charge in [-0.2, -0.15) is 0 Å². The number of hydrogen-bond donors (Lipinski definition) is 1. The van der Waals surface area contributed by atoms with Gasteiger partial charge in [-0.25, -0.2) is 0 Å². The van der Waals surface area contributed by atoms with Gasteiger partial charge in [0, 0.05) is 0 Å². The van der Waals surface area contributed by atoms with Crippen molar-refractivity contribution in [2.45, 2.75) is 25.4 Å². The zero-order valence-corrected chi connectivity index (χ0v) is 9.33. The molecule has 3 nitrogen and oxygen atoms in total. The Hall–Kier alpha value is -0.440. The normalized spacial score (nSPS) is 17.8. The van der Waals surface area contributed by atoms with E-state index in [2.05, 4.69) is 9.71 Å². The van der Waals surface area contributed by atoms with E-state index >= 15 is 0 Å². The van der Waals surface area contributed by atoms with Gasteiger partial charge < -0.3 is 0 Å². The Bertz CT molecular complexity index is 324. The molecule has 0 heterocycles. The van der Waals surface area contributed by atoms with Crippen LogP contribution in [0.4, 0.5) is 30.3 Å². The molecule has 0 radical (unpaired) electrons. The third-order valence-electron chi connectivity index (χ3n) is 1.75. The van der Waals surface area contributed by atoms with Gasteiger partial charge in [-0.3, -0.25) is 0 Å². The number of halogens is 7. The molecule has 0 saturated heterocycles. The summed E-state index contributed by atoms with van der Waals surface area (Å²) < 4.78 is 93.0. The van der Waals surface area contributed by atoms with Crippen LogP contribution in [0.25, 0.3) is 0 Å². The first-order chi connectivity index (χ1) is 7.34. The summed E-state index contributed by atoms with van der Waals surface area (Å²) in [5.74, 6) is -5.30. The summed E-state index contributed by atoms with van der Waals surface area (Å²) in [4.78, 5) is 0. The van der Waals surface area contributed by atoms with Crippen LogP contribution in [0.15, 0.2) is 11.6 Å². The van der Waals surface area contributed by atoms with Crippen LogP contribution in [0, 0.1) is 0 Å². The molecule has 0 saturated carbocycles. The molecule has 104 valence electrons. The number of allylic oxidation sites excluding steroid dienone is 1. The van der Waals surface area contributed by atoms with Crippen LogP contribution in [0.2, 0.25) is 0 Å². The van der Waals surface area contributed by atoms with E-state index in [0.29, 0.717) is 6.92 Å².